The first-order chi connectivity index (χ1) is 12.1. The Labute approximate surface area is 147 Å². The molecule has 0 aromatic heterocycles. The van der Waals surface area contributed by atoms with Gasteiger partial charge < -0.3 is 19.1 Å². The van der Waals surface area contributed by atoms with E-state index in [0.29, 0.717) is 11.5 Å². The number of rotatable bonds is 4. The molecule has 134 valence electrons. The normalized spacial score (nSPS) is 18.0. The minimum atomic E-state index is -0.771. The van der Waals surface area contributed by atoms with Gasteiger partial charge in [-0.05, 0) is 43.5 Å². The summed E-state index contributed by atoms with van der Waals surface area (Å²) in [5.41, 5.74) is 0.799. The van der Waals surface area contributed by atoms with Crippen molar-refractivity contribution in [2.45, 2.75) is 38.7 Å². The molecule has 0 saturated carbocycles. The van der Waals surface area contributed by atoms with E-state index in [0.717, 1.165) is 44.3 Å². The van der Waals surface area contributed by atoms with Crippen LogP contribution in [-0.2, 0) is 14.3 Å². The van der Waals surface area contributed by atoms with Crippen molar-refractivity contribution in [1.82, 2.24) is 4.90 Å². The first-order valence-electron chi connectivity index (χ1n) is 8.70. The van der Waals surface area contributed by atoms with Crippen molar-refractivity contribution in [3.8, 4) is 11.5 Å². The Morgan fingerprint density at radius 2 is 1.84 bits per heavy atom. The fourth-order valence-corrected chi connectivity index (χ4v) is 2.99. The van der Waals surface area contributed by atoms with Crippen molar-refractivity contribution in [3.05, 3.63) is 29.8 Å². The average Bonchev–Trinajstić information content (AvgIpc) is 2.91. The summed E-state index contributed by atoms with van der Waals surface area (Å²) in [6, 6.07) is 5.40. The number of fused-ring (bicyclic) bond motifs is 1. The quantitative estimate of drug-likeness (QED) is 0.620. The standard InChI is InChI=1S/C19H23NO5/c1-14(19(22)20-10-4-2-3-5-11-20)25-18(21)9-7-15-6-8-16-17(12-15)24-13-23-16/h6-9,12,14H,2-5,10-11,13H2,1H3/b9-7+/t14-/m1/s1. The number of carbonyl (C=O) groups is 2. The summed E-state index contributed by atoms with van der Waals surface area (Å²) in [5, 5.41) is 0. The number of esters is 1. The summed E-state index contributed by atoms with van der Waals surface area (Å²) in [7, 11) is 0. The molecule has 1 atom stereocenters. The van der Waals surface area contributed by atoms with Crippen molar-refractivity contribution < 1.29 is 23.8 Å². The van der Waals surface area contributed by atoms with Crippen LogP contribution in [0.2, 0.25) is 0 Å². The first-order valence-corrected chi connectivity index (χ1v) is 8.70. The van der Waals surface area contributed by atoms with Crippen LogP contribution in [0.5, 0.6) is 11.5 Å². The van der Waals surface area contributed by atoms with E-state index in [1.54, 1.807) is 30.0 Å². The highest BCUT2D eigenvalue weighted by Gasteiger charge is 2.23. The van der Waals surface area contributed by atoms with Gasteiger partial charge in [0.05, 0.1) is 0 Å². The van der Waals surface area contributed by atoms with Gasteiger partial charge in [0.2, 0.25) is 6.79 Å². The SMILES string of the molecule is C[C@@H](OC(=O)/C=C/c1ccc2c(c1)OCO2)C(=O)N1CCCCCC1. The molecular weight excluding hydrogens is 322 g/mol. The van der Waals surface area contributed by atoms with Crippen molar-refractivity contribution in [1.29, 1.82) is 0 Å². The number of likely N-dealkylation sites (tertiary alicyclic amines) is 1. The van der Waals surface area contributed by atoms with Crippen LogP contribution in [0, 0.1) is 0 Å². The van der Waals surface area contributed by atoms with Crippen LogP contribution < -0.4 is 9.47 Å². The monoisotopic (exact) mass is 345 g/mol. The van der Waals surface area contributed by atoms with Crippen LogP contribution >= 0.6 is 0 Å². The predicted octanol–water partition coefficient (Wildman–Crippen LogP) is 2.76. The lowest BCUT2D eigenvalue weighted by molar-refractivity contribution is -0.155. The van der Waals surface area contributed by atoms with Gasteiger partial charge in [-0.3, -0.25) is 4.79 Å². The lowest BCUT2D eigenvalue weighted by Gasteiger charge is -2.23. The molecule has 3 rings (SSSR count). The maximum Gasteiger partial charge on any atom is 0.331 e. The lowest BCUT2D eigenvalue weighted by Crippen LogP contribution is -2.40. The highest BCUT2D eigenvalue weighted by atomic mass is 16.7. The third-order valence-electron chi connectivity index (χ3n) is 4.37. The Morgan fingerprint density at radius 1 is 1.12 bits per heavy atom. The molecule has 0 radical (unpaired) electrons. The van der Waals surface area contributed by atoms with Crippen LogP contribution in [0.1, 0.15) is 38.2 Å². The molecule has 1 amide bonds. The molecule has 0 N–H and O–H groups in total. The number of ether oxygens (including phenoxy) is 3. The molecule has 6 heteroatoms. The van der Waals surface area contributed by atoms with Crippen LogP contribution in [0.15, 0.2) is 24.3 Å². The summed E-state index contributed by atoms with van der Waals surface area (Å²) in [5.74, 6) is 0.691. The lowest BCUT2D eigenvalue weighted by atomic mass is 10.2. The molecule has 0 aliphatic carbocycles. The Bertz CT molecular complexity index is 662. The van der Waals surface area contributed by atoms with Gasteiger partial charge in [0.15, 0.2) is 17.6 Å². The zero-order valence-corrected chi connectivity index (χ0v) is 14.4. The van der Waals surface area contributed by atoms with Crippen LogP contribution in [0.25, 0.3) is 6.08 Å². The largest absolute Gasteiger partial charge is 0.454 e. The summed E-state index contributed by atoms with van der Waals surface area (Å²) >= 11 is 0. The van der Waals surface area contributed by atoms with E-state index < -0.39 is 12.1 Å². The average molecular weight is 345 g/mol. The summed E-state index contributed by atoms with van der Waals surface area (Å²) in [6.07, 6.45) is 6.50. The first kappa shape index (κ1) is 17.3. The number of carbonyl (C=O) groups excluding carboxylic acids is 2. The topological polar surface area (TPSA) is 65.1 Å². The van der Waals surface area contributed by atoms with Gasteiger partial charge in [-0.15, -0.1) is 0 Å². The molecule has 2 aliphatic heterocycles. The third kappa shape index (κ3) is 4.53. The molecule has 25 heavy (non-hydrogen) atoms. The zero-order valence-electron chi connectivity index (χ0n) is 14.4. The van der Waals surface area contributed by atoms with Gasteiger partial charge in [0.1, 0.15) is 0 Å². The second-order valence-electron chi connectivity index (χ2n) is 6.26. The third-order valence-corrected chi connectivity index (χ3v) is 4.37. The Hall–Kier alpha value is -2.50. The molecule has 2 aliphatic rings. The van der Waals surface area contributed by atoms with E-state index in [9.17, 15) is 9.59 Å². The molecule has 0 spiro atoms. The van der Waals surface area contributed by atoms with Crippen LogP contribution in [-0.4, -0.2) is 42.8 Å². The van der Waals surface area contributed by atoms with E-state index >= 15 is 0 Å². The van der Waals surface area contributed by atoms with Crippen molar-refractivity contribution in [3.63, 3.8) is 0 Å². The summed E-state index contributed by atoms with van der Waals surface area (Å²) in [4.78, 5) is 26.2. The number of nitrogens with zero attached hydrogens (tertiary/aromatic N) is 1. The maximum atomic E-state index is 12.4. The van der Waals surface area contributed by atoms with Crippen molar-refractivity contribution in [2.24, 2.45) is 0 Å². The maximum absolute atomic E-state index is 12.4. The van der Waals surface area contributed by atoms with Gasteiger partial charge in [-0.1, -0.05) is 18.9 Å². The van der Waals surface area contributed by atoms with E-state index in [2.05, 4.69) is 0 Å². The number of hydrogen-bond acceptors (Lipinski definition) is 5. The summed E-state index contributed by atoms with van der Waals surface area (Å²) in [6.45, 7) is 3.32. The van der Waals surface area contributed by atoms with Crippen LogP contribution in [0.3, 0.4) is 0 Å². The van der Waals surface area contributed by atoms with Crippen molar-refractivity contribution >= 4 is 18.0 Å². The minimum Gasteiger partial charge on any atom is -0.454 e. The molecule has 1 aromatic carbocycles. The minimum absolute atomic E-state index is 0.119. The molecule has 6 nitrogen and oxygen atoms in total. The molecule has 0 unspecified atom stereocenters. The molecule has 1 aromatic rings. The van der Waals surface area contributed by atoms with Gasteiger partial charge >= 0.3 is 5.97 Å². The van der Waals surface area contributed by atoms with E-state index in [-0.39, 0.29) is 12.7 Å². The zero-order chi connectivity index (χ0) is 17.6. The molecule has 1 saturated heterocycles. The van der Waals surface area contributed by atoms with E-state index in [1.807, 2.05) is 6.07 Å². The van der Waals surface area contributed by atoms with E-state index in [4.69, 9.17) is 14.2 Å². The fraction of sp³-hybridized carbons (Fsp3) is 0.474. The molecule has 0 bridgehead atoms. The second-order valence-corrected chi connectivity index (χ2v) is 6.26. The fourth-order valence-electron chi connectivity index (χ4n) is 2.99. The van der Waals surface area contributed by atoms with Crippen molar-refractivity contribution in [2.75, 3.05) is 19.9 Å². The molecular formula is C19H23NO5. The van der Waals surface area contributed by atoms with Gasteiger partial charge in [-0.2, -0.15) is 0 Å². The Kier molecular flexibility index (Phi) is 5.58. The van der Waals surface area contributed by atoms with E-state index in [1.165, 1.54) is 6.08 Å². The predicted molar refractivity (Wildman–Crippen MR) is 92.2 cm³/mol. The van der Waals surface area contributed by atoms with Crippen LogP contribution in [0.4, 0.5) is 0 Å². The molecule has 1 fully saturated rings. The highest BCUT2D eigenvalue weighted by Crippen LogP contribution is 2.32. The number of hydrogen-bond donors (Lipinski definition) is 0. The number of amides is 1. The molecule has 2 heterocycles. The van der Waals surface area contributed by atoms with Gasteiger partial charge in [-0.25, -0.2) is 4.79 Å². The Morgan fingerprint density at radius 3 is 2.60 bits per heavy atom. The second kappa shape index (κ2) is 8.05. The smallest absolute Gasteiger partial charge is 0.331 e. The summed E-state index contributed by atoms with van der Waals surface area (Å²) < 4.78 is 15.8. The highest BCUT2D eigenvalue weighted by molar-refractivity contribution is 5.90. The number of benzene rings is 1. The van der Waals surface area contributed by atoms with Gasteiger partial charge in [0.25, 0.3) is 5.91 Å². The van der Waals surface area contributed by atoms with Gasteiger partial charge in [0, 0.05) is 19.2 Å². The Balaban J connectivity index is 1.53.